The molecular weight excluding hydrogens is 492 g/mol. The van der Waals surface area contributed by atoms with Crippen molar-refractivity contribution in [3.8, 4) is 22.6 Å². The fourth-order valence-electron chi connectivity index (χ4n) is 5.41. The van der Waals surface area contributed by atoms with Crippen molar-refractivity contribution in [2.75, 3.05) is 13.1 Å². The normalized spacial score (nSPS) is 15.7. The van der Waals surface area contributed by atoms with Gasteiger partial charge in [0.1, 0.15) is 11.3 Å². The molecule has 4 heterocycles. The SMILES string of the molecule is Cn1nc2c(=O)n(CC3(O)CCN(Cc4ccc(-c5ccco5)cc4)CC3)cnc2c1-c1ccc(CN)cc1. The van der Waals surface area contributed by atoms with E-state index in [0.29, 0.717) is 30.4 Å². The van der Waals surface area contributed by atoms with Crippen molar-refractivity contribution in [1.82, 2.24) is 24.2 Å². The molecule has 0 bridgehead atoms. The molecule has 0 saturated carbocycles. The molecule has 6 rings (SSSR count). The van der Waals surface area contributed by atoms with Gasteiger partial charge in [-0.15, -0.1) is 0 Å². The van der Waals surface area contributed by atoms with E-state index in [1.807, 2.05) is 43.4 Å². The molecule has 1 fully saturated rings. The van der Waals surface area contributed by atoms with Crippen LogP contribution in [0.2, 0.25) is 0 Å². The van der Waals surface area contributed by atoms with Crippen molar-refractivity contribution in [3.63, 3.8) is 0 Å². The smallest absolute Gasteiger partial charge is 0.281 e. The largest absolute Gasteiger partial charge is 0.464 e. The lowest BCUT2D eigenvalue weighted by Crippen LogP contribution is -2.47. The summed E-state index contributed by atoms with van der Waals surface area (Å²) in [4.78, 5) is 20.3. The lowest BCUT2D eigenvalue weighted by atomic mass is 9.91. The first kappa shape index (κ1) is 25.2. The minimum atomic E-state index is -0.978. The van der Waals surface area contributed by atoms with Crippen molar-refractivity contribution in [3.05, 3.63) is 94.7 Å². The molecule has 9 heteroatoms. The second-order valence-electron chi connectivity index (χ2n) is 10.4. The molecular formula is C30H32N6O3. The van der Waals surface area contributed by atoms with Gasteiger partial charge in [0.05, 0.1) is 30.4 Å². The van der Waals surface area contributed by atoms with Crippen molar-refractivity contribution < 1.29 is 9.52 Å². The number of hydrogen-bond donors (Lipinski definition) is 2. The van der Waals surface area contributed by atoms with E-state index in [1.54, 1.807) is 10.9 Å². The maximum atomic E-state index is 13.4. The number of hydrogen-bond acceptors (Lipinski definition) is 7. The quantitative estimate of drug-likeness (QED) is 0.335. The molecule has 2 aromatic carbocycles. The van der Waals surface area contributed by atoms with Gasteiger partial charge in [0, 0.05) is 44.4 Å². The van der Waals surface area contributed by atoms with Crippen LogP contribution < -0.4 is 11.3 Å². The number of nitrogens with zero attached hydrogens (tertiary/aromatic N) is 5. The Balaban J connectivity index is 1.13. The van der Waals surface area contributed by atoms with Crippen molar-refractivity contribution in [1.29, 1.82) is 0 Å². The Morgan fingerprint density at radius 3 is 2.33 bits per heavy atom. The summed E-state index contributed by atoms with van der Waals surface area (Å²) >= 11 is 0. The summed E-state index contributed by atoms with van der Waals surface area (Å²) in [6.07, 6.45) is 4.36. The molecule has 3 aromatic heterocycles. The standard InChI is InChI=1S/C30H32N6O3/c1-34-28(24-10-4-21(17-31)5-11-24)26-27(33-34)29(37)36(20-32-26)19-30(38)12-14-35(15-13-30)18-22-6-8-23(9-7-22)25-3-2-16-39-25/h2-11,16,20,38H,12-15,17-19,31H2,1H3. The highest BCUT2D eigenvalue weighted by molar-refractivity contribution is 5.89. The molecule has 0 radical (unpaired) electrons. The van der Waals surface area contributed by atoms with Gasteiger partial charge >= 0.3 is 0 Å². The first-order valence-electron chi connectivity index (χ1n) is 13.2. The third-order valence-corrected chi connectivity index (χ3v) is 7.69. The molecule has 39 heavy (non-hydrogen) atoms. The number of piperidine rings is 1. The Labute approximate surface area is 226 Å². The molecule has 200 valence electrons. The number of aliphatic hydroxyl groups is 1. The molecule has 1 saturated heterocycles. The van der Waals surface area contributed by atoms with Gasteiger partial charge in [-0.1, -0.05) is 48.5 Å². The number of benzene rings is 2. The van der Waals surface area contributed by atoms with Crippen molar-refractivity contribution in [2.24, 2.45) is 12.8 Å². The Morgan fingerprint density at radius 1 is 0.974 bits per heavy atom. The molecule has 1 aliphatic heterocycles. The van der Waals surface area contributed by atoms with E-state index in [4.69, 9.17) is 10.2 Å². The van der Waals surface area contributed by atoms with E-state index in [-0.39, 0.29) is 12.1 Å². The number of aryl methyl sites for hydroxylation is 1. The first-order chi connectivity index (χ1) is 18.9. The molecule has 9 nitrogen and oxygen atoms in total. The van der Waals surface area contributed by atoms with Crippen molar-refractivity contribution in [2.45, 2.75) is 38.1 Å². The van der Waals surface area contributed by atoms with Crippen LogP contribution in [0.5, 0.6) is 0 Å². The van der Waals surface area contributed by atoms with E-state index in [1.165, 1.54) is 16.5 Å². The summed E-state index contributed by atoms with van der Waals surface area (Å²) in [5.41, 5.74) is 10.4. The van der Waals surface area contributed by atoms with Crippen LogP contribution >= 0.6 is 0 Å². The molecule has 5 aromatic rings. The van der Waals surface area contributed by atoms with Crippen LogP contribution in [0.25, 0.3) is 33.6 Å². The fourth-order valence-corrected chi connectivity index (χ4v) is 5.41. The number of rotatable bonds is 7. The fraction of sp³-hybridized carbons (Fsp3) is 0.300. The summed E-state index contributed by atoms with van der Waals surface area (Å²) in [7, 11) is 1.81. The minimum absolute atomic E-state index is 0.192. The maximum absolute atomic E-state index is 13.4. The van der Waals surface area contributed by atoms with Crippen LogP contribution in [-0.4, -0.2) is 48.0 Å². The first-order valence-corrected chi connectivity index (χ1v) is 13.2. The highest BCUT2D eigenvalue weighted by Crippen LogP contribution is 2.28. The minimum Gasteiger partial charge on any atom is -0.464 e. The zero-order chi connectivity index (χ0) is 27.0. The van der Waals surface area contributed by atoms with Crippen LogP contribution in [0.4, 0.5) is 0 Å². The highest BCUT2D eigenvalue weighted by Gasteiger charge is 2.33. The third-order valence-electron chi connectivity index (χ3n) is 7.69. The average Bonchev–Trinajstić information content (AvgIpc) is 3.61. The lowest BCUT2D eigenvalue weighted by Gasteiger charge is -2.38. The maximum Gasteiger partial charge on any atom is 0.281 e. The molecule has 0 spiro atoms. The average molecular weight is 525 g/mol. The molecule has 0 atom stereocenters. The summed E-state index contributed by atoms with van der Waals surface area (Å²) in [6, 6.07) is 20.1. The summed E-state index contributed by atoms with van der Waals surface area (Å²) in [5.74, 6) is 0.857. The van der Waals surface area contributed by atoms with Crippen LogP contribution in [-0.2, 0) is 26.7 Å². The molecule has 0 aliphatic carbocycles. The summed E-state index contributed by atoms with van der Waals surface area (Å²) < 4.78 is 8.66. The van der Waals surface area contributed by atoms with E-state index in [0.717, 1.165) is 47.8 Å². The lowest BCUT2D eigenvalue weighted by molar-refractivity contribution is -0.0364. The zero-order valence-corrected chi connectivity index (χ0v) is 22.0. The van der Waals surface area contributed by atoms with Crippen molar-refractivity contribution >= 4 is 11.0 Å². The van der Waals surface area contributed by atoms with E-state index >= 15 is 0 Å². The van der Waals surface area contributed by atoms with Gasteiger partial charge < -0.3 is 15.3 Å². The molecule has 3 N–H and O–H groups in total. The van der Waals surface area contributed by atoms with E-state index in [9.17, 15) is 9.90 Å². The van der Waals surface area contributed by atoms with E-state index < -0.39 is 5.60 Å². The summed E-state index contributed by atoms with van der Waals surface area (Å²) in [6.45, 7) is 2.96. The zero-order valence-electron chi connectivity index (χ0n) is 22.0. The number of furan rings is 1. The molecule has 1 aliphatic rings. The van der Waals surface area contributed by atoms with Gasteiger partial charge in [-0.05, 0) is 36.1 Å². The van der Waals surface area contributed by atoms with Gasteiger partial charge in [0.15, 0.2) is 5.52 Å². The van der Waals surface area contributed by atoms with E-state index in [2.05, 4.69) is 39.2 Å². The molecule has 0 amide bonds. The predicted molar refractivity (Wildman–Crippen MR) is 150 cm³/mol. The summed E-state index contributed by atoms with van der Waals surface area (Å²) in [5, 5.41) is 15.9. The van der Waals surface area contributed by atoms with Gasteiger partial charge in [-0.25, -0.2) is 4.98 Å². The monoisotopic (exact) mass is 524 g/mol. The predicted octanol–water partition coefficient (Wildman–Crippen LogP) is 3.54. The Bertz CT molecular complexity index is 1630. The number of likely N-dealkylation sites (tertiary alicyclic amines) is 1. The number of aromatic nitrogens is 4. The third kappa shape index (κ3) is 5.04. The van der Waals surface area contributed by atoms with Gasteiger partial charge in [-0.3, -0.25) is 18.9 Å². The van der Waals surface area contributed by atoms with Crippen LogP contribution in [0.15, 0.2) is 82.5 Å². The van der Waals surface area contributed by atoms with Crippen LogP contribution in [0.3, 0.4) is 0 Å². The second-order valence-corrected chi connectivity index (χ2v) is 10.4. The number of fused-ring (bicyclic) bond motifs is 1. The Hall–Kier alpha value is -4.05. The Kier molecular flexibility index (Phi) is 6.64. The van der Waals surface area contributed by atoms with Crippen LogP contribution in [0.1, 0.15) is 24.0 Å². The second kappa shape index (κ2) is 10.3. The number of nitrogens with two attached hydrogens (primary N) is 1. The van der Waals surface area contributed by atoms with Gasteiger partial charge in [0.2, 0.25) is 0 Å². The molecule has 0 unspecified atom stereocenters. The topological polar surface area (TPSA) is 115 Å². The van der Waals surface area contributed by atoms with Crippen LogP contribution in [0, 0.1) is 0 Å². The highest BCUT2D eigenvalue weighted by atomic mass is 16.3. The Morgan fingerprint density at radius 2 is 1.67 bits per heavy atom. The van der Waals surface area contributed by atoms with Gasteiger partial charge in [-0.2, -0.15) is 5.10 Å². The van der Waals surface area contributed by atoms with Gasteiger partial charge in [0.25, 0.3) is 5.56 Å².